The fourth-order valence-electron chi connectivity index (χ4n) is 2.11. The number of hydrogen-bond acceptors (Lipinski definition) is 3. The zero-order chi connectivity index (χ0) is 15.2. The molecule has 1 N–H and O–H groups in total. The number of aromatic nitrogens is 4. The first-order valence-electron chi connectivity index (χ1n) is 7.09. The zero-order valence-corrected chi connectivity index (χ0v) is 13.0. The minimum atomic E-state index is -0.364. The second-order valence-corrected chi connectivity index (χ2v) is 5.29. The number of rotatable bonds is 7. The lowest BCUT2D eigenvalue weighted by molar-refractivity contribution is -0.124. The number of nitrogens with zero attached hydrogens (tertiary/aromatic N) is 4. The van der Waals surface area contributed by atoms with Crippen molar-refractivity contribution < 1.29 is 4.79 Å². The molecule has 0 bridgehead atoms. The van der Waals surface area contributed by atoms with Gasteiger partial charge in [-0.25, -0.2) is 4.98 Å². The Hall–Kier alpha value is -1.82. The third-order valence-electron chi connectivity index (χ3n) is 3.34. The van der Waals surface area contributed by atoms with Crippen molar-refractivity contribution in [2.75, 3.05) is 6.54 Å². The van der Waals surface area contributed by atoms with Crippen LogP contribution in [-0.2, 0) is 17.8 Å². The molecule has 1 atom stereocenters. The molecule has 2 aromatic heterocycles. The second kappa shape index (κ2) is 7.26. The van der Waals surface area contributed by atoms with Gasteiger partial charge in [-0.1, -0.05) is 18.5 Å². The van der Waals surface area contributed by atoms with Crippen LogP contribution in [0.5, 0.6) is 0 Å². The van der Waals surface area contributed by atoms with Crippen LogP contribution in [0.15, 0.2) is 24.8 Å². The van der Waals surface area contributed by atoms with Gasteiger partial charge in [-0.2, -0.15) is 5.10 Å². The molecule has 0 aliphatic heterocycles. The lowest BCUT2D eigenvalue weighted by Crippen LogP contribution is -2.32. The molecule has 2 aromatic rings. The van der Waals surface area contributed by atoms with Crippen molar-refractivity contribution in [2.45, 2.75) is 39.3 Å². The Labute approximate surface area is 129 Å². The first kappa shape index (κ1) is 15.6. The fourth-order valence-corrected chi connectivity index (χ4v) is 2.26. The quantitative estimate of drug-likeness (QED) is 0.796. The van der Waals surface area contributed by atoms with Crippen molar-refractivity contribution in [3.63, 3.8) is 0 Å². The Kier molecular flexibility index (Phi) is 5.38. The van der Waals surface area contributed by atoms with Crippen LogP contribution in [0.25, 0.3) is 0 Å². The van der Waals surface area contributed by atoms with Crippen LogP contribution in [0, 0.1) is 0 Å². The predicted octanol–water partition coefficient (Wildman–Crippen LogP) is 2.06. The first-order valence-corrected chi connectivity index (χ1v) is 7.47. The van der Waals surface area contributed by atoms with Crippen molar-refractivity contribution in [1.29, 1.82) is 0 Å². The smallest absolute Gasteiger partial charge is 0.244 e. The summed E-state index contributed by atoms with van der Waals surface area (Å²) in [6.07, 6.45) is 8.72. The molecule has 6 nitrogen and oxygen atoms in total. The summed E-state index contributed by atoms with van der Waals surface area (Å²) in [4.78, 5) is 16.3. The van der Waals surface area contributed by atoms with E-state index in [1.165, 1.54) is 6.20 Å². The third-order valence-corrected chi connectivity index (χ3v) is 3.53. The number of amides is 1. The molecule has 21 heavy (non-hydrogen) atoms. The fraction of sp³-hybridized carbons (Fsp3) is 0.500. The van der Waals surface area contributed by atoms with Crippen LogP contribution >= 0.6 is 11.6 Å². The van der Waals surface area contributed by atoms with E-state index in [-0.39, 0.29) is 11.9 Å². The number of carbonyl (C=O) groups excluding carboxylic acids is 1. The number of hydrogen-bond donors (Lipinski definition) is 1. The van der Waals surface area contributed by atoms with E-state index in [1.807, 2.05) is 6.20 Å². The van der Waals surface area contributed by atoms with Crippen molar-refractivity contribution in [1.82, 2.24) is 24.6 Å². The van der Waals surface area contributed by atoms with Gasteiger partial charge in [0, 0.05) is 38.1 Å². The molecular formula is C14H20ClN5O. The van der Waals surface area contributed by atoms with E-state index in [1.54, 1.807) is 24.0 Å². The SMILES string of the molecule is CCc1nccn1CCCNC(=O)[C@H](C)n1cc(Cl)cn1. The predicted molar refractivity (Wildman–Crippen MR) is 81.2 cm³/mol. The lowest BCUT2D eigenvalue weighted by atomic mass is 10.3. The molecule has 114 valence electrons. The molecule has 2 rings (SSSR count). The summed E-state index contributed by atoms with van der Waals surface area (Å²) in [5.41, 5.74) is 0. The van der Waals surface area contributed by atoms with Crippen molar-refractivity contribution in [2.24, 2.45) is 0 Å². The van der Waals surface area contributed by atoms with Crippen molar-refractivity contribution in [3.05, 3.63) is 35.6 Å². The Balaban J connectivity index is 1.74. The summed E-state index contributed by atoms with van der Waals surface area (Å²) in [6.45, 7) is 5.35. The third kappa shape index (κ3) is 4.07. The van der Waals surface area contributed by atoms with E-state index in [0.29, 0.717) is 11.6 Å². The molecule has 0 saturated carbocycles. The number of aryl methyl sites for hydroxylation is 2. The number of nitrogens with one attached hydrogen (secondary N) is 1. The van der Waals surface area contributed by atoms with Crippen molar-refractivity contribution in [3.8, 4) is 0 Å². The largest absolute Gasteiger partial charge is 0.354 e. The maximum absolute atomic E-state index is 12.0. The van der Waals surface area contributed by atoms with Crippen LogP contribution in [0.1, 0.15) is 32.1 Å². The summed E-state index contributed by atoms with van der Waals surface area (Å²) in [7, 11) is 0. The molecule has 0 aliphatic carbocycles. The van der Waals surface area contributed by atoms with Gasteiger partial charge in [-0.15, -0.1) is 0 Å². The monoisotopic (exact) mass is 309 g/mol. The van der Waals surface area contributed by atoms with Crippen molar-refractivity contribution >= 4 is 17.5 Å². The molecular weight excluding hydrogens is 290 g/mol. The second-order valence-electron chi connectivity index (χ2n) is 4.85. The Bertz CT molecular complexity index is 592. The van der Waals surface area contributed by atoms with Gasteiger partial charge >= 0.3 is 0 Å². The van der Waals surface area contributed by atoms with E-state index in [0.717, 1.165) is 25.2 Å². The van der Waals surface area contributed by atoms with Crippen LogP contribution in [0.3, 0.4) is 0 Å². The van der Waals surface area contributed by atoms with Gasteiger partial charge in [0.15, 0.2) is 0 Å². The maximum atomic E-state index is 12.0. The van der Waals surface area contributed by atoms with Crippen LogP contribution in [0.2, 0.25) is 5.02 Å². The maximum Gasteiger partial charge on any atom is 0.244 e. The Morgan fingerprint density at radius 3 is 3.00 bits per heavy atom. The van der Waals surface area contributed by atoms with Gasteiger partial charge in [-0.3, -0.25) is 9.48 Å². The Morgan fingerprint density at radius 2 is 2.33 bits per heavy atom. The summed E-state index contributed by atoms with van der Waals surface area (Å²) < 4.78 is 3.67. The summed E-state index contributed by atoms with van der Waals surface area (Å²) in [5.74, 6) is 1.01. The van der Waals surface area contributed by atoms with E-state index in [2.05, 4.69) is 26.9 Å². The highest BCUT2D eigenvalue weighted by Gasteiger charge is 2.15. The highest BCUT2D eigenvalue weighted by Crippen LogP contribution is 2.10. The summed E-state index contributed by atoms with van der Waals surface area (Å²) >= 11 is 5.80. The zero-order valence-electron chi connectivity index (χ0n) is 12.3. The summed E-state index contributed by atoms with van der Waals surface area (Å²) in [5, 5.41) is 7.48. The van der Waals surface area contributed by atoms with Gasteiger partial charge in [-0.05, 0) is 13.3 Å². The minimum Gasteiger partial charge on any atom is -0.354 e. The van der Waals surface area contributed by atoms with Crippen LogP contribution in [0.4, 0.5) is 0 Å². The normalized spacial score (nSPS) is 12.3. The molecule has 1 amide bonds. The minimum absolute atomic E-state index is 0.0592. The average molecular weight is 310 g/mol. The number of imidazole rings is 1. The van der Waals surface area contributed by atoms with Gasteiger partial charge < -0.3 is 9.88 Å². The summed E-state index contributed by atoms with van der Waals surface area (Å²) in [6, 6.07) is -0.364. The first-order chi connectivity index (χ1) is 10.1. The van der Waals surface area contributed by atoms with Gasteiger partial charge in [0.2, 0.25) is 5.91 Å². The van der Waals surface area contributed by atoms with Crippen LogP contribution in [-0.4, -0.2) is 31.8 Å². The number of carbonyl (C=O) groups is 1. The van der Waals surface area contributed by atoms with E-state index < -0.39 is 0 Å². The molecule has 0 unspecified atom stereocenters. The van der Waals surface area contributed by atoms with E-state index in [4.69, 9.17) is 11.6 Å². The topological polar surface area (TPSA) is 64.7 Å². The molecule has 0 aliphatic rings. The van der Waals surface area contributed by atoms with Gasteiger partial charge in [0.05, 0.1) is 11.2 Å². The molecule has 0 saturated heterocycles. The Morgan fingerprint density at radius 1 is 1.52 bits per heavy atom. The molecule has 0 aromatic carbocycles. The molecule has 0 fully saturated rings. The van der Waals surface area contributed by atoms with E-state index >= 15 is 0 Å². The standard InChI is InChI=1S/C14H20ClN5O/c1-3-13-16-6-8-19(13)7-4-5-17-14(21)11(2)20-10-12(15)9-18-20/h6,8-11H,3-5,7H2,1-2H3,(H,17,21)/t11-/m0/s1. The highest BCUT2D eigenvalue weighted by molar-refractivity contribution is 6.30. The molecule has 0 radical (unpaired) electrons. The molecule has 2 heterocycles. The highest BCUT2D eigenvalue weighted by atomic mass is 35.5. The molecule has 0 spiro atoms. The van der Waals surface area contributed by atoms with Gasteiger partial charge in [0.25, 0.3) is 0 Å². The van der Waals surface area contributed by atoms with Gasteiger partial charge in [0.1, 0.15) is 11.9 Å². The molecule has 7 heteroatoms. The number of halogens is 1. The average Bonchev–Trinajstić information content (AvgIpc) is 3.10. The van der Waals surface area contributed by atoms with Crippen LogP contribution < -0.4 is 5.32 Å². The van der Waals surface area contributed by atoms with E-state index in [9.17, 15) is 4.79 Å². The lowest BCUT2D eigenvalue weighted by Gasteiger charge is -2.13.